The van der Waals surface area contributed by atoms with Gasteiger partial charge in [0.05, 0.1) is 11.8 Å². The van der Waals surface area contributed by atoms with Crippen LogP contribution in [0.4, 0.5) is 0 Å². The molecule has 21 heavy (non-hydrogen) atoms. The van der Waals surface area contributed by atoms with E-state index in [9.17, 15) is 9.59 Å². The summed E-state index contributed by atoms with van der Waals surface area (Å²) in [4.78, 5) is 31.7. The van der Waals surface area contributed by atoms with Crippen LogP contribution in [-0.4, -0.2) is 21.0 Å². The van der Waals surface area contributed by atoms with Gasteiger partial charge >= 0.3 is 5.97 Å². The Bertz CT molecular complexity index is 876. The highest BCUT2D eigenvalue weighted by Crippen LogP contribution is 2.35. The van der Waals surface area contributed by atoms with Gasteiger partial charge in [-0.15, -0.1) is 22.7 Å². The lowest BCUT2D eigenvalue weighted by atomic mass is 10.1. The first-order chi connectivity index (χ1) is 10.1. The Kier molecular flexibility index (Phi) is 3.60. The van der Waals surface area contributed by atoms with E-state index in [1.807, 2.05) is 23.8 Å². The van der Waals surface area contributed by atoms with Gasteiger partial charge in [-0.3, -0.25) is 9.59 Å². The number of aromatic amines is 1. The number of hydrogen-bond donors (Lipinski definition) is 2. The van der Waals surface area contributed by atoms with Crippen LogP contribution < -0.4 is 5.56 Å². The van der Waals surface area contributed by atoms with E-state index < -0.39 is 5.97 Å². The number of rotatable bonds is 4. The average molecular weight is 320 g/mol. The number of thiophene rings is 2. The number of H-pyrrole nitrogens is 1. The molecule has 0 aliphatic carbocycles. The van der Waals surface area contributed by atoms with E-state index in [2.05, 4.69) is 9.97 Å². The fraction of sp³-hybridized carbons (Fsp3) is 0.214. The van der Waals surface area contributed by atoms with Crippen molar-refractivity contribution in [3.63, 3.8) is 0 Å². The maximum Gasteiger partial charge on any atom is 0.303 e. The molecule has 0 saturated carbocycles. The van der Waals surface area contributed by atoms with Gasteiger partial charge in [-0.2, -0.15) is 0 Å². The molecule has 0 radical (unpaired) electrons. The fourth-order valence-electron chi connectivity index (χ4n) is 2.15. The summed E-state index contributed by atoms with van der Waals surface area (Å²) in [6, 6.07) is 2.02. The van der Waals surface area contributed by atoms with Gasteiger partial charge in [-0.25, -0.2) is 4.98 Å². The molecular formula is C14H12N2O3S2. The smallest absolute Gasteiger partial charge is 0.303 e. The Morgan fingerprint density at radius 2 is 2.24 bits per heavy atom. The van der Waals surface area contributed by atoms with Crippen molar-refractivity contribution in [1.82, 2.24) is 9.97 Å². The van der Waals surface area contributed by atoms with Gasteiger partial charge in [0.1, 0.15) is 10.7 Å². The predicted octanol–water partition coefficient (Wildman–Crippen LogP) is 3.04. The molecule has 3 aromatic heterocycles. The minimum Gasteiger partial charge on any atom is -0.481 e. The van der Waals surface area contributed by atoms with Crippen LogP contribution in [0.2, 0.25) is 0 Å². The standard InChI is InChI=1S/C14H12N2O3S2/c1-7-4-5-20-12(7)8-6-21-14-11(8)13(19)15-9(16-14)2-3-10(17)18/h4-6H,2-3H2,1H3,(H,17,18)(H,15,16,19). The zero-order chi connectivity index (χ0) is 15.0. The Morgan fingerprint density at radius 1 is 1.43 bits per heavy atom. The van der Waals surface area contributed by atoms with Crippen molar-refractivity contribution in [2.75, 3.05) is 0 Å². The highest BCUT2D eigenvalue weighted by molar-refractivity contribution is 7.18. The third-order valence-electron chi connectivity index (χ3n) is 3.18. The topological polar surface area (TPSA) is 83.0 Å². The van der Waals surface area contributed by atoms with Crippen molar-refractivity contribution in [2.24, 2.45) is 0 Å². The second kappa shape index (κ2) is 5.42. The zero-order valence-electron chi connectivity index (χ0n) is 11.2. The molecule has 2 N–H and O–H groups in total. The molecule has 0 fully saturated rings. The largest absolute Gasteiger partial charge is 0.481 e. The summed E-state index contributed by atoms with van der Waals surface area (Å²) in [7, 11) is 0. The number of nitrogens with one attached hydrogen (secondary N) is 1. The summed E-state index contributed by atoms with van der Waals surface area (Å²) < 4.78 is 0. The minimum atomic E-state index is -0.904. The first kappa shape index (κ1) is 14.0. The van der Waals surface area contributed by atoms with Crippen LogP contribution in [0, 0.1) is 6.92 Å². The van der Waals surface area contributed by atoms with Crippen molar-refractivity contribution >= 4 is 38.9 Å². The van der Waals surface area contributed by atoms with Gasteiger partial charge in [0, 0.05) is 22.2 Å². The number of aliphatic carboxylic acids is 1. The molecule has 0 bridgehead atoms. The molecule has 7 heteroatoms. The summed E-state index contributed by atoms with van der Waals surface area (Å²) in [5, 5.41) is 13.2. The first-order valence-electron chi connectivity index (χ1n) is 6.33. The van der Waals surface area contributed by atoms with Gasteiger partial charge < -0.3 is 10.1 Å². The summed E-state index contributed by atoms with van der Waals surface area (Å²) >= 11 is 3.01. The molecule has 3 aromatic rings. The van der Waals surface area contributed by atoms with Gasteiger partial charge in [0.25, 0.3) is 5.56 Å². The van der Waals surface area contributed by atoms with Crippen LogP contribution in [0.15, 0.2) is 21.6 Å². The number of carboxylic acids is 1. The summed E-state index contributed by atoms with van der Waals surface area (Å²) in [5.41, 5.74) is 1.83. The van der Waals surface area contributed by atoms with Gasteiger partial charge in [-0.05, 0) is 23.9 Å². The molecule has 0 aliphatic heterocycles. The Morgan fingerprint density at radius 3 is 2.90 bits per heavy atom. The van der Waals surface area contributed by atoms with E-state index in [4.69, 9.17) is 5.11 Å². The molecular weight excluding hydrogens is 308 g/mol. The van der Waals surface area contributed by atoms with Crippen LogP contribution in [0.1, 0.15) is 17.8 Å². The number of carboxylic acid groups (broad SMARTS) is 1. The normalized spacial score (nSPS) is 11.1. The van der Waals surface area contributed by atoms with Crippen LogP contribution >= 0.6 is 22.7 Å². The summed E-state index contributed by atoms with van der Waals surface area (Å²) in [6.07, 6.45) is 0.183. The SMILES string of the molecule is Cc1ccsc1-c1csc2nc(CCC(=O)O)[nH]c(=O)c12. The molecule has 0 aliphatic rings. The second-order valence-electron chi connectivity index (χ2n) is 4.67. The Hall–Kier alpha value is -1.99. The number of carbonyl (C=O) groups is 1. The van der Waals surface area contributed by atoms with E-state index in [0.717, 1.165) is 16.0 Å². The van der Waals surface area contributed by atoms with Crippen LogP contribution in [-0.2, 0) is 11.2 Å². The van der Waals surface area contributed by atoms with Crippen LogP contribution in [0.3, 0.4) is 0 Å². The van der Waals surface area contributed by atoms with E-state index in [1.54, 1.807) is 11.3 Å². The number of hydrogen-bond acceptors (Lipinski definition) is 5. The molecule has 3 heterocycles. The van der Waals surface area contributed by atoms with Crippen molar-refractivity contribution in [3.05, 3.63) is 38.6 Å². The highest BCUT2D eigenvalue weighted by atomic mass is 32.1. The Balaban J connectivity index is 2.09. The number of aryl methyl sites for hydroxylation is 2. The van der Waals surface area contributed by atoms with Crippen LogP contribution in [0.5, 0.6) is 0 Å². The van der Waals surface area contributed by atoms with Gasteiger partial charge in [-0.1, -0.05) is 0 Å². The van der Waals surface area contributed by atoms with E-state index in [-0.39, 0.29) is 18.4 Å². The van der Waals surface area contributed by atoms with E-state index >= 15 is 0 Å². The monoisotopic (exact) mass is 320 g/mol. The van der Waals surface area contributed by atoms with Crippen molar-refractivity contribution in [3.8, 4) is 10.4 Å². The molecule has 0 saturated heterocycles. The molecule has 0 amide bonds. The predicted molar refractivity (Wildman–Crippen MR) is 84.2 cm³/mol. The molecule has 0 atom stereocenters. The lowest BCUT2D eigenvalue weighted by Gasteiger charge is -2.00. The second-order valence-corrected chi connectivity index (χ2v) is 6.44. The van der Waals surface area contributed by atoms with Crippen molar-refractivity contribution < 1.29 is 9.90 Å². The van der Waals surface area contributed by atoms with Crippen molar-refractivity contribution in [2.45, 2.75) is 19.8 Å². The van der Waals surface area contributed by atoms with Gasteiger partial charge in [0.15, 0.2) is 0 Å². The summed E-state index contributed by atoms with van der Waals surface area (Å²) in [6.45, 7) is 2.01. The maximum atomic E-state index is 12.3. The lowest BCUT2D eigenvalue weighted by molar-refractivity contribution is -0.137. The molecule has 0 spiro atoms. The average Bonchev–Trinajstić information content (AvgIpc) is 3.02. The van der Waals surface area contributed by atoms with Crippen molar-refractivity contribution in [1.29, 1.82) is 0 Å². The minimum absolute atomic E-state index is 0.0449. The lowest BCUT2D eigenvalue weighted by Crippen LogP contribution is -2.12. The third-order valence-corrected chi connectivity index (χ3v) is 5.10. The van der Waals surface area contributed by atoms with E-state index in [0.29, 0.717) is 16.0 Å². The number of fused-ring (bicyclic) bond motifs is 1. The molecule has 5 nitrogen and oxygen atoms in total. The highest BCUT2D eigenvalue weighted by Gasteiger charge is 2.15. The van der Waals surface area contributed by atoms with Crippen LogP contribution in [0.25, 0.3) is 20.7 Å². The maximum absolute atomic E-state index is 12.3. The molecule has 3 rings (SSSR count). The quantitative estimate of drug-likeness (QED) is 0.774. The molecule has 108 valence electrons. The van der Waals surface area contributed by atoms with Gasteiger partial charge in [0.2, 0.25) is 0 Å². The summed E-state index contributed by atoms with van der Waals surface area (Å²) in [5.74, 6) is -0.481. The zero-order valence-corrected chi connectivity index (χ0v) is 12.8. The number of aromatic nitrogens is 2. The van der Waals surface area contributed by atoms with E-state index in [1.165, 1.54) is 11.3 Å². The molecule has 0 aromatic carbocycles. The fourth-order valence-corrected chi connectivity index (χ4v) is 4.13. The molecule has 0 unspecified atom stereocenters. The Labute approximate surface area is 127 Å². The number of nitrogens with zero attached hydrogens (tertiary/aromatic N) is 1. The first-order valence-corrected chi connectivity index (χ1v) is 8.09. The third kappa shape index (κ3) is 2.62.